The Labute approximate surface area is 121 Å². The van der Waals surface area contributed by atoms with Crippen LogP contribution >= 0.6 is 11.8 Å². The Morgan fingerprint density at radius 3 is 2.55 bits per heavy atom. The highest BCUT2D eigenvalue weighted by Gasteiger charge is 2.13. The maximum absolute atomic E-state index is 13.3. The molecule has 0 fully saturated rings. The molecular weight excluding hydrogens is 278 g/mol. The second kappa shape index (κ2) is 6.83. The molecule has 1 unspecified atom stereocenters. The molecule has 106 valence electrons. The number of aryl methyl sites for hydroxylation is 1. The van der Waals surface area contributed by atoms with Crippen molar-refractivity contribution in [2.75, 3.05) is 5.75 Å². The van der Waals surface area contributed by atoms with Crippen LogP contribution in [0.3, 0.4) is 0 Å². The first kappa shape index (κ1) is 15.0. The lowest BCUT2D eigenvalue weighted by atomic mass is 10.1. The third-order valence-corrected chi connectivity index (χ3v) is 4.32. The first-order chi connectivity index (χ1) is 9.61. The summed E-state index contributed by atoms with van der Waals surface area (Å²) < 4.78 is 26.2. The van der Waals surface area contributed by atoms with Gasteiger partial charge in [0.25, 0.3) is 0 Å². The molecule has 0 saturated carbocycles. The Kier molecular flexibility index (Phi) is 5.11. The molecule has 0 heterocycles. The van der Waals surface area contributed by atoms with Crippen molar-refractivity contribution in [3.63, 3.8) is 0 Å². The average molecular weight is 294 g/mol. The molecule has 2 nitrogen and oxygen atoms in total. The second-order valence-electron chi connectivity index (χ2n) is 4.47. The summed E-state index contributed by atoms with van der Waals surface area (Å²) in [5.41, 5.74) is 4.46. The van der Waals surface area contributed by atoms with Gasteiger partial charge in [-0.15, -0.1) is 11.8 Å². The van der Waals surface area contributed by atoms with E-state index in [1.54, 1.807) is 17.8 Å². The van der Waals surface area contributed by atoms with Gasteiger partial charge >= 0.3 is 0 Å². The van der Waals surface area contributed by atoms with Gasteiger partial charge in [0.1, 0.15) is 0 Å². The molecule has 3 N–H and O–H groups in total. The minimum absolute atomic E-state index is 0.241. The van der Waals surface area contributed by atoms with E-state index in [0.29, 0.717) is 11.3 Å². The van der Waals surface area contributed by atoms with E-state index >= 15 is 0 Å². The molecule has 20 heavy (non-hydrogen) atoms. The lowest BCUT2D eigenvalue weighted by molar-refractivity contribution is 0.502. The van der Waals surface area contributed by atoms with Crippen molar-refractivity contribution in [1.82, 2.24) is 5.43 Å². The number of benzene rings is 2. The Hall–Kier alpha value is -1.43. The van der Waals surface area contributed by atoms with Gasteiger partial charge in [-0.25, -0.2) is 8.78 Å². The van der Waals surface area contributed by atoms with Crippen LogP contribution in [-0.4, -0.2) is 5.75 Å². The Balaban J connectivity index is 2.09. The molecule has 2 rings (SSSR count). The Bertz CT molecular complexity index is 590. The molecule has 2 aromatic rings. The van der Waals surface area contributed by atoms with Crippen LogP contribution in [0.1, 0.15) is 17.2 Å². The summed E-state index contributed by atoms with van der Waals surface area (Å²) in [7, 11) is 0. The third-order valence-electron chi connectivity index (χ3n) is 3.05. The van der Waals surface area contributed by atoms with Crippen molar-refractivity contribution in [3.05, 3.63) is 65.2 Å². The van der Waals surface area contributed by atoms with Crippen molar-refractivity contribution in [2.45, 2.75) is 17.9 Å². The number of hydrazine groups is 1. The van der Waals surface area contributed by atoms with E-state index in [4.69, 9.17) is 5.84 Å². The SMILES string of the molecule is Cc1ccccc1SCC(NN)c1ccc(F)c(F)c1. The van der Waals surface area contributed by atoms with Crippen LogP contribution in [0.2, 0.25) is 0 Å². The minimum Gasteiger partial charge on any atom is -0.271 e. The number of nitrogens with two attached hydrogens (primary N) is 1. The van der Waals surface area contributed by atoms with Gasteiger partial charge < -0.3 is 0 Å². The number of hydrogen-bond acceptors (Lipinski definition) is 3. The van der Waals surface area contributed by atoms with Gasteiger partial charge in [0.2, 0.25) is 0 Å². The summed E-state index contributed by atoms with van der Waals surface area (Å²) in [6.07, 6.45) is 0. The topological polar surface area (TPSA) is 38.0 Å². The predicted molar refractivity (Wildman–Crippen MR) is 78.3 cm³/mol. The fraction of sp³-hybridized carbons (Fsp3) is 0.200. The number of halogens is 2. The van der Waals surface area contributed by atoms with E-state index in [1.165, 1.54) is 11.6 Å². The van der Waals surface area contributed by atoms with Crippen LogP contribution in [0.25, 0.3) is 0 Å². The van der Waals surface area contributed by atoms with Gasteiger partial charge in [-0.1, -0.05) is 24.3 Å². The minimum atomic E-state index is -0.858. The average Bonchev–Trinajstić information content (AvgIpc) is 2.45. The third kappa shape index (κ3) is 3.56. The zero-order valence-corrected chi connectivity index (χ0v) is 11.9. The van der Waals surface area contributed by atoms with E-state index in [0.717, 1.165) is 11.0 Å². The quantitative estimate of drug-likeness (QED) is 0.503. The van der Waals surface area contributed by atoms with Crippen molar-refractivity contribution in [3.8, 4) is 0 Å². The highest BCUT2D eigenvalue weighted by molar-refractivity contribution is 7.99. The maximum Gasteiger partial charge on any atom is 0.159 e. The Morgan fingerprint density at radius 2 is 1.90 bits per heavy atom. The second-order valence-corrected chi connectivity index (χ2v) is 5.53. The van der Waals surface area contributed by atoms with Gasteiger partial charge in [-0.05, 0) is 36.2 Å². The summed E-state index contributed by atoms with van der Waals surface area (Å²) in [4.78, 5) is 1.15. The first-order valence-corrected chi connectivity index (χ1v) is 7.20. The molecule has 0 aromatic heterocycles. The number of nitrogens with one attached hydrogen (secondary N) is 1. The first-order valence-electron chi connectivity index (χ1n) is 6.21. The summed E-state index contributed by atoms with van der Waals surface area (Å²) >= 11 is 1.63. The summed E-state index contributed by atoms with van der Waals surface area (Å²) in [5.74, 6) is 4.44. The molecule has 0 aliphatic carbocycles. The number of rotatable bonds is 5. The van der Waals surface area contributed by atoms with Gasteiger partial charge in [-0.2, -0.15) is 0 Å². The molecular formula is C15H16F2N2S. The summed E-state index contributed by atoms with van der Waals surface area (Å²) in [5, 5.41) is 0. The molecule has 0 amide bonds. The molecule has 2 aromatic carbocycles. The molecule has 0 aliphatic rings. The van der Waals surface area contributed by atoms with Gasteiger partial charge in [0.05, 0.1) is 6.04 Å². The molecule has 0 saturated heterocycles. The lowest BCUT2D eigenvalue weighted by Crippen LogP contribution is -2.29. The fourth-order valence-corrected chi connectivity index (χ4v) is 2.97. The van der Waals surface area contributed by atoms with E-state index in [2.05, 4.69) is 5.43 Å². The van der Waals surface area contributed by atoms with Crippen molar-refractivity contribution in [2.24, 2.45) is 5.84 Å². The molecule has 0 spiro atoms. The standard InChI is InChI=1S/C15H16F2N2S/c1-10-4-2-3-5-15(10)20-9-14(19-18)11-6-7-12(16)13(17)8-11/h2-8,14,19H,9,18H2,1H3. The van der Waals surface area contributed by atoms with Crippen LogP contribution < -0.4 is 11.3 Å². The highest BCUT2D eigenvalue weighted by atomic mass is 32.2. The van der Waals surface area contributed by atoms with Crippen LogP contribution in [0.5, 0.6) is 0 Å². The normalized spacial score (nSPS) is 12.4. The molecule has 0 aliphatic heterocycles. The zero-order chi connectivity index (χ0) is 14.5. The molecule has 5 heteroatoms. The lowest BCUT2D eigenvalue weighted by Gasteiger charge is -2.16. The summed E-state index contributed by atoms with van der Waals surface area (Å²) in [6, 6.07) is 11.6. The van der Waals surface area contributed by atoms with Crippen LogP contribution in [0, 0.1) is 18.6 Å². The number of thioether (sulfide) groups is 1. The van der Waals surface area contributed by atoms with Crippen LogP contribution in [0.15, 0.2) is 47.4 Å². The number of hydrogen-bond donors (Lipinski definition) is 2. The van der Waals surface area contributed by atoms with E-state index in [1.807, 2.05) is 31.2 Å². The molecule has 0 radical (unpaired) electrons. The van der Waals surface area contributed by atoms with Gasteiger partial charge in [-0.3, -0.25) is 11.3 Å². The molecule has 0 bridgehead atoms. The van der Waals surface area contributed by atoms with Gasteiger partial charge in [0.15, 0.2) is 11.6 Å². The van der Waals surface area contributed by atoms with Crippen LogP contribution in [0.4, 0.5) is 8.78 Å². The monoisotopic (exact) mass is 294 g/mol. The van der Waals surface area contributed by atoms with E-state index < -0.39 is 11.6 Å². The van der Waals surface area contributed by atoms with Crippen molar-refractivity contribution in [1.29, 1.82) is 0 Å². The van der Waals surface area contributed by atoms with Crippen molar-refractivity contribution < 1.29 is 8.78 Å². The van der Waals surface area contributed by atoms with Crippen LogP contribution in [-0.2, 0) is 0 Å². The smallest absolute Gasteiger partial charge is 0.159 e. The van der Waals surface area contributed by atoms with E-state index in [-0.39, 0.29) is 6.04 Å². The maximum atomic E-state index is 13.3. The van der Waals surface area contributed by atoms with E-state index in [9.17, 15) is 8.78 Å². The summed E-state index contributed by atoms with van der Waals surface area (Å²) in [6.45, 7) is 2.03. The van der Waals surface area contributed by atoms with Crippen molar-refractivity contribution >= 4 is 11.8 Å². The zero-order valence-electron chi connectivity index (χ0n) is 11.1. The largest absolute Gasteiger partial charge is 0.271 e. The predicted octanol–water partition coefficient (Wildman–Crippen LogP) is 3.57. The molecule has 1 atom stereocenters. The fourth-order valence-electron chi connectivity index (χ4n) is 1.86. The Morgan fingerprint density at radius 1 is 1.15 bits per heavy atom. The highest BCUT2D eigenvalue weighted by Crippen LogP contribution is 2.27. The van der Waals surface area contributed by atoms with Gasteiger partial charge in [0, 0.05) is 10.6 Å².